The molecule has 0 aromatic heterocycles. The zero-order valence-corrected chi connectivity index (χ0v) is 17.3. The van der Waals surface area contributed by atoms with E-state index in [-0.39, 0.29) is 28.2 Å². The molecule has 9 heteroatoms. The van der Waals surface area contributed by atoms with Crippen LogP contribution in [-0.4, -0.2) is 53.7 Å². The second-order valence-corrected chi connectivity index (χ2v) is 10.1. The minimum atomic E-state index is -3.74. The number of nitrogens with zero attached hydrogens (tertiary/aromatic N) is 1. The summed E-state index contributed by atoms with van der Waals surface area (Å²) < 4.78 is 51.5. The number of likely N-dealkylation sites (tertiary alicyclic amines) is 1. The Morgan fingerprint density at radius 2 is 1.76 bits per heavy atom. The van der Waals surface area contributed by atoms with Gasteiger partial charge in [-0.3, -0.25) is 0 Å². The molecule has 0 bridgehead atoms. The number of sulfone groups is 1. The Kier molecular flexibility index (Phi) is 7.89. The van der Waals surface area contributed by atoms with Crippen LogP contribution in [0.3, 0.4) is 0 Å². The van der Waals surface area contributed by atoms with Crippen LogP contribution in [0, 0.1) is 6.92 Å². The van der Waals surface area contributed by atoms with Crippen LogP contribution in [0.25, 0.3) is 0 Å². The van der Waals surface area contributed by atoms with E-state index in [1.54, 1.807) is 6.92 Å². The van der Waals surface area contributed by atoms with E-state index in [0.29, 0.717) is 5.56 Å². The van der Waals surface area contributed by atoms with E-state index in [1.165, 1.54) is 18.2 Å². The molecular formula is C16H27ClN2O4S2. The summed E-state index contributed by atoms with van der Waals surface area (Å²) in [4.78, 5) is 2.40. The van der Waals surface area contributed by atoms with E-state index >= 15 is 0 Å². The zero-order valence-electron chi connectivity index (χ0n) is 14.9. The highest BCUT2D eigenvalue weighted by Gasteiger charge is 2.26. The minimum Gasteiger partial charge on any atom is -0.303 e. The molecule has 0 unspecified atom stereocenters. The summed E-state index contributed by atoms with van der Waals surface area (Å²) in [7, 11) is -7.18. The summed E-state index contributed by atoms with van der Waals surface area (Å²) in [6.07, 6.45) is 3.70. The van der Waals surface area contributed by atoms with Gasteiger partial charge in [0.2, 0.25) is 10.0 Å². The molecule has 1 aliphatic heterocycles. The van der Waals surface area contributed by atoms with Crippen molar-refractivity contribution < 1.29 is 16.8 Å². The molecule has 144 valence electrons. The first-order valence-corrected chi connectivity index (χ1v) is 11.6. The third kappa shape index (κ3) is 5.92. The van der Waals surface area contributed by atoms with E-state index in [4.69, 9.17) is 0 Å². The third-order valence-electron chi connectivity index (χ3n) is 4.33. The number of benzene rings is 1. The third-order valence-corrected chi connectivity index (χ3v) is 7.10. The van der Waals surface area contributed by atoms with Crippen LogP contribution in [0.5, 0.6) is 0 Å². The van der Waals surface area contributed by atoms with Crippen molar-refractivity contribution in [1.29, 1.82) is 0 Å². The summed E-state index contributed by atoms with van der Waals surface area (Å²) in [6, 6.07) is 4.12. The standard InChI is InChI=1S/C16H26N2O4S2.ClH/c1-4-9-18-10-7-14(8-11-18)17-24(21,22)16-12-15(23(3,19)20)6-5-13(16)2;/h5-6,12,14,17H,4,7-11H2,1-3H3;1H. The van der Waals surface area contributed by atoms with Crippen molar-refractivity contribution in [2.24, 2.45) is 0 Å². The molecule has 1 fully saturated rings. The minimum absolute atomic E-state index is 0. The molecule has 6 nitrogen and oxygen atoms in total. The molecule has 0 atom stereocenters. The summed E-state index contributed by atoms with van der Waals surface area (Å²) in [5.41, 5.74) is 0.540. The van der Waals surface area contributed by atoms with E-state index in [9.17, 15) is 16.8 Å². The summed E-state index contributed by atoms with van der Waals surface area (Å²) in [5.74, 6) is 0. The second kappa shape index (κ2) is 8.81. The van der Waals surface area contributed by atoms with Gasteiger partial charge >= 0.3 is 0 Å². The van der Waals surface area contributed by atoms with Crippen LogP contribution in [0.2, 0.25) is 0 Å². The molecule has 0 aliphatic carbocycles. The number of rotatable bonds is 6. The molecule has 0 radical (unpaired) electrons. The Balaban J connectivity index is 0.00000312. The Labute approximate surface area is 157 Å². The van der Waals surface area contributed by atoms with Crippen molar-refractivity contribution in [2.75, 3.05) is 25.9 Å². The molecule has 1 saturated heterocycles. The lowest BCUT2D eigenvalue weighted by atomic mass is 10.1. The van der Waals surface area contributed by atoms with Crippen LogP contribution in [0.15, 0.2) is 28.0 Å². The quantitative estimate of drug-likeness (QED) is 0.775. The molecule has 1 aromatic rings. The number of hydrogen-bond acceptors (Lipinski definition) is 5. The molecule has 1 aromatic carbocycles. The molecule has 25 heavy (non-hydrogen) atoms. The number of nitrogens with one attached hydrogen (secondary N) is 1. The fourth-order valence-corrected chi connectivity index (χ4v) is 5.27. The molecule has 1 aliphatic rings. The maximum atomic E-state index is 12.7. The Morgan fingerprint density at radius 3 is 2.28 bits per heavy atom. The predicted octanol–water partition coefficient (Wildman–Crippen LogP) is 1.97. The van der Waals surface area contributed by atoms with Crippen molar-refractivity contribution in [3.63, 3.8) is 0 Å². The Morgan fingerprint density at radius 1 is 1.16 bits per heavy atom. The van der Waals surface area contributed by atoms with Crippen LogP contribution in [0.4, 0.5) is 0 Å². The van der Waals surface area contributed by atoms with Gasteiger partial charge in [-0.2, -0.15) is 0 Å². The first-order chi connectivity index (χ1) is 11.1. The molecule has 0 saturated carbocycles. The molecule has 2 rings (SSSR count). The molecule has 0 amide bonds. The normalized spacial score (nSPS) is 17.2. The fourth-order valence-electron chi connectivity index (χ4n) is 2.97. The molecule has 1 heterocycles. The lowest BCUT2D eigenvalue weighted by molar-refractivity contribution is 0.208. The second-order valence-electron chi connectivity index (χ2n) is 6.44. The van der Waals surface area contributed by atoms with E-state index in [0.717, 1.165) is 45.2 Å². The van der Waals surface area contributed by atoms with Crippen LogP contribution >= 0.6 is 12.4 Å². The van der Waals surface area contributed by atoms with Crippen molar-refractivity contribution in [3.8, 4) is 0 Å². The van der Waals surface area contributed by atoms with E-state index < -0.39 is 19.9 Å². The molecule has 0 spiro atoms. The van der Waals surface area contributed by atoms with Gasteiger partial charge in [0.05, 0.1) is 9.79 Å². The van der Waals surface area contributed by atoms with Crippen molar-refractivity contribution in [3.05, 3.63) is 23.8 Å². The van der Waals surface area contributed by atoms with E-state index in [1.807, 2.05) is 0 Å². The first-order valence-electron chi connectivity index (χ1n) is 8.19. The lowest BCUT2D eigenvalue weighted by Crippen LogP contribution is -2.44. The summed E-state index contributed by atoms with van der Waals surface area (Å²) in [5, 5.41) is 0. The van der Waals surface area contributed by atoms with Gasteiger partial charge in [-0.1, -0.05) is 13.0 Å². The largest absolute Gasteiger partial charge is 0.303 e. The van der Waals surface area contributed by atoms with Crippen LogP contribution < -0.4 is 4.72 Å². The lowest BCUT2D eigenvalue weighted by Gasteiger charge is -2.32. The number of aryl methyl sites for hydroxylation is 1. The average molecular weight is 411 g/mol. The highest BCUT2D eigenvalue weighted by molar-refractivity contribution is 7.91. The number of halogens is 1. The van der Waals surface area contributed by atoms with Gasteiger partial charge in [-0.15, -0.1) is 12.4 Å². The van der Waals surface area contributed by atoms with Gasteiger partial charge in [0.1, 0.15) is 0 Å². The van der Waals surface area contributed by atoms with Crippen molar-refractivity contribution in [2.45, 2.75) is 48.9 Å². The van der Waals surface area contributed by atoms with Crippen LogP contribution in [0.1, 0.15) is 31.7 Å². The fraction of sp³-hybridized carbons (Fsp3) is 0.625. The van der Waals surface area contributed by atoms with Crippen molar-refractivity contribution in [1.82, 2.24) is 9.62 Å². The zero-order chi connectivity index (χ0) is 18.0. The van der Waals surface area contributed by atoms with Gasteiger partial charge in [0.15, 0.2) is 9.84 Å². The summed E-state index contributed by atoms with van der Waals surface area (Å²) >= 11 is 0. The highest BCUT2D eigenvalue weighted by Crippen LogP contribution is 2.21. The van der Waals surface area contributed by atoms with Gasteiger partial charge in [-0.25, -0.2) is 21.6 Å². The Bertz CT molecular complexity index is 786. The first kappa shape index (κ1) is 22.4. The summed E-state index contributed by atoms with van der Waals surface area (Å²) in [6.45, 7) is 6.60. The SMILES string of the molecule is CCCN1CCC(NS(=O)(=O)c2cc(S(C)(=O)=O)ccc2C)CC1.Cl. The molecule has 1 N–H and O–H groups in total. The molecular weight excluding hydrogens is 384 g/mol. The smallest absolute Gasteiger partial charge is 0.241 e. The van der Waals surface area contributed by atoms with Gasteiger partial charge in [0, 0.05) is 12.3 Å². The Hall–Kier alpha value is -0.670. The van der Waals surface area contributed by atoms with Gasteiger partial charge in [0.25, 0.3) is 0 Å². The van der Waals surface area contributed by atoms with Gasteiger partial charge < -0.3 is 4.90 Å². The number of sulfonamides is 1. The monoisotopic (exact) mass is 410 g/mol. The average Bonchev–Trinajstić information content (AvgIpc) is 2.48. The van der Waals surface area contributed by atoms with Crippen LogP contribution in [-0.2, 0) is 19.9 Å². The number of hydrogen-bond donors (Lipinski definition) is 1. The number of piperidine rings is 1. The van der Waals surface area contributed by atoms with Gasteiger partial charge in [-0.05, 0) is 63.5 Å². The maximum Gasteiger partial charge on any atom is 0.241 e. The van der Waals surface area contributed by atoms with Crippen molar-refractivity contribution >= 4 is 32.3 Å². The highest BCUT2D eigenvalue weighted by atomic mass is 35.5. The topological polar surface area (TPSA) is 83.6 Å². The maximum absolute atomic E-state index is 12.7. The predicted molar refractivity (Wildman–Crippen MR) is 102 cm³/mol. The van der Waals surface area contributed by atoms with E-state index in [2.05, 4.69) is 16.5 Å².